The van der Waals surface area contributed by atoms with Crippen LogP contribution in [0, 0.1) is 0 Å². The van der Waals surface area contributed by atoms with Crippen LogP contribution in [0.4, 0.5) is 5.95 Å². The molecule has 0 unspecified atom stereocenters. The molecule has 0 aliphatic rings. The second kappa shape index (κ2) is 5.97. The zero-order valence-corrected chi connectivity index (χ0v) is 12.8. The highest BCUT2D eigenvalue weighted by atomic mass is 15.4. The molecular formula is C15H19N7. The van der Waals surface area contributed by atoms with Gasteiger partial charge in [0.25, 0.3) is 0 Å². The van der Waals surface area contributed by atoms with Crippen LogP contribution in [0.3, 0.4) is 0 Å². The van der Waals surface area contributed by atoms with Gasteiger partial charge in [0, 0.05) is 18.3 Å². The molecule has 0 aromatic carbocycles. The topological polar surface area (TPSA) is 87.4 Å². The number of rotatable bonds is 5. The molecule has 0 radical (unpaired) electrons. The first kappa shape index (κ1) is 14.2. The van der Waals surface area contributed by atoms with Crippen molar-refractivity contribution in [3.63, 3.8) is 0 Å². The molecule has 3 heterocycles. The van der Waals surface area contributed by atoms with Crippen LogP contribution in [0.2, 0.25) is 0 Å². The standard InChI is InChI=1S/C15H19N7/c1-3-5-6-7-11-8-17-9-12-13(11)21(4-2)15(20-12)22-14(16)18-10-19-22/h6-10H,3-5H2,1-2H3,(H2,16,18,19). The Balaban J connectivity index is 2.21. The summed E-state index contributed by atoms with van der Waals surface area (Å²) in [6, 6.07) is 0. The van der Waals surface area contributed by atoms with Crippen molar-refractivity contribution in [1.29, 1.82) is 0 Å². The van der Waals surface area contributed by atoms with Crippen molar-refractivity contribution in [3.8, 4) is 5.95 Å². The number of nitrogen functional groups attached to an aromatic ring is 1. The lowest BCUT2D eigenvalue weighted by Crippen LogP contribution is -2.10. The number of pyridine rings is 1. The van der Waals surface area contributed by atoms with Crippen molar-refractivity contribution >= 4 is 23.1 Å². The summed E-state index contributed by atoms with van der Waals surface area (Å²) in [4.78, 5) is 12.9. The zero-order valence-electron chi connectivity index (χ0n) is 12.8. The molecule has 0 saturated heterocycles. The van der Waals surface area contributed by atoms with E-state index in [-0.39, 0.29) is 0 Å². The maximum Gasteiger partial charge on any atom is 0.235 e. The number of hydrogen-bond donors (Lipinski definition) is 1. The summed E-state index contributed by atoms with van der Waals surface area (Å²) >= 11 is 0. The molecule has 0 atom stereocenters. The van der Waals surface area contributed by atoms with E-state index < -0.39 is 0 Å². The average Bonchev–Trinajstić information content (AvgIpc) is 3.10. The normalized spacial score (nSPS) is 11.7. The van der Waals surface area contributed by atoms with Gasteiger partial charge in [0.1, 0.15) is 11.8 Å². The number of nitrogens with two attached hydrogens (primary N) is 1. The SMILES string of the molecule is CCCC=Cc1cncc2nc(-n3ncnc3N)n(CC)c12. The molecular weight excluding hydrogens is 278 g/mol. The third-order valence-electron chi connectivity index (χ3n) is 3.49. The smallest absolute Gasteiger partial charge is 0.235 e. The second-order valence-corrected chi connectivity index (χ2v) is 4.97. The van der Waals surface area contributed by atoms with Crippen molar-refractivity contribution in [2.24, 2.45) is 0 Å². The molecule has 3 aromatic heterocycles. The van der Waals surface area contributed by atoms with Gasteiger partial charge in [0.2, 0.25) is 11.9 Å². The van der Waals surface area contributed by atoms with Crippen LogP contribution in [0.1, 0.15) is 32.3 Å². The Kier molecular flexibility index (Phi) is 3.86. The lowest BCUT2D eigenvalue weighted by atomic mass is 10.2. The maximum atomic E-state index is 5.86. The predicted molar refractivity (Wildman–Crippen MR) is 86.5 cm³/mol. The molecule has 7 heteroatoms. The molecule has 0 saturated carbocycles. The van der Waals surface area contributed by atoms with Crippen LogP contribution in [-0.4, -0.2) is 29.3 Å². The van der Waals surface area contributed by atoms with Gasteiger partial charge in [-0.1, -0.05) is 25.5 Å². The lowest BCUT2D eigenvalue weighted by molar-refractivity contribution is 0.705. The Morgan fingerprint density at radius 3 is 2.82 bits per heavy atom. The Morgan fingerprint density at radius 1 is 1.27 bits per heavy atom. The van der Waals surface area contributed by atoms with E-state index in [2.05, 4.69) is 50.6 Å². The molecule has 0 aliphatic carbocycles. The minimum absolute atomic E-state index is 0.320. The van der Waals surface area contributed by atoms with Gasteiger partial charge in [-0.15, -0.1) is 0 Å². The van der Waals surface area contributed by atoms with Crippen LogP contribution >= 0.6 is 0 Å². The minimum Gasteiger partial charge on any atom is -0.368 e. The first-order chi connectivity index (χ1) is 10.8. The van der Waals surface area contributed by atoms with Gasteiger partial charge in [-0.2, -0.15) is 14.8 Å². The summed E-state index contributed by atoms with van der Waals surface area (Å²) in [6.45, 7) is 4.98. The van der Waals surface area contributed by atoms with Crippen LogP contribution in [0.15, 0.2) is 24.8 Å². The number of fused-ring (bicyclic) bond motifs is 1. The minimum atomic E-state index is 0.320. The quantitative estimate of drug-likeness (QED) is 0.781. The van der Waals surface area contributed by atoms with Gasteiger partial charge in [0.05, 0.1) is 11.7 Å². The Hall–Kier alpha value is -2.70. The zero-order chi connectivity index (χ0) is 15.5. The highest BCUT2D eigenvalue weighted by molar-refractivity contribution is 5.85. The van der Waals surface area contributed by atoms with Gasteiger partial charge in [-0.3, -0.25) is 4.98 Å². The van der Waals surface area contributed by atoms with E-state index in [4.69, 9.17) is 5.73 Å². The number of aryl methyl sites for hydroxylation is 1. The molecule has 3 rings (SSSR count). The summed E-state index contributed by atoms with van der Waals surface area (Å²) in [7, 11) is 0. The number of anilines is 1. The first-order valence-corrected chi connectivity index (χ1v) is 7.42. The Labute approximate surface area is 128 Å². The van der Waals surface area contributed by atoms with Gasteiger partial charge in [-0.05, 0) is 13.3 Å². The lowest BCUT2D eigenvalue weighted by Gasteiger charge is -2.07. The summed E-state index contributed by atoms with van der Waals surface area (Å²) in [5.74, 6) is 0.978. The molecule has 0 aliphatic heterocycles. The monoisotopic (exact) mass is 297 g/mol. The van der Waals surface area contributed by atoms with E-state index in [1.54, 1.807) is 10.9 Å². The van der Waals surface area contributed by atoms with E-state index in [1.165, 1.54) is 6.33 Å². The molecule has 2 N–H and O–H groups in total. The maximum absolute atomic E-state index is 5.86. The van der Waals surface area contributed by atoms with Crippen molar-refractivity contribution in [1.82, 2.24) is 29.3 Å². The van der Waals surface area contributed by atoms with E-state index in [1.807, 2.05) is 6.20 Å². The third-order valence-corrected chi connectivity index (χ3v) is 3.49. The number of hydrogen-bond acceptors (Lipinski definition) is 5. The largest absolute Gasteiger partial charge is 0.368 e. The number of nitrogens with zero attached hydrogens (tertiary/aromatic N) is 6. The number of unbranched alkanes of at least 4 members (excludes halogenated alkanes) is 1. The van der Waals surface area contributed by atoms with Crippen LogP contribution in [0.25, 0.3) is 23.1 Å². The van der Waals surface area contributed by atoms with Gasteiger partial charge in [-0.25, -0.2) is 4.98 Å². The van der Waals surface area contributed by atoms with Gasteiger partial charge >= 0.3 is 0 Å². The highest BCUT2D eigenvalue weighted by Gasteiger charge is 2.16. The Bertz CT molecular complexity index is 813. The molecule has 0 bridgehead atoms. The van der Waals surface area contributed by atoms with Crippen molar-refractivity contribution in [2.45, 2.75) is 33.2 Å². The third kappa shape index (κ3) is 2.34. The number of imidazole rings is 1. The Morgan fingerprint density at radius 2 is 2.14 bits per heavy atom. The molecule has 0 fully saturated rings. The van der Waals surface area contributed by atoms with E-state index in [0.29, 0.717) is 11.9 Å². The fraction of sp³-hybridized carbons (Fsp3) is 0.333. The molecule has 114 valence electrons. The van der Waals surface area contributed by atoms with Crippen LogP contribution in [0.5, 0.6) is 0 Å². The molecule has 7 nitrogen and oxygen atoms in total. The van der Waals surface area contributed by atoms with Crippen LogP contribution < -0.4 is 5.73 Å². The summed E-state index contributed by atoms with van der Waals surface area (Å²) in [5, 5.41) is 4.15. The van der Waals surface area contributed by atoms with Crippen molar-refractivity contribution < 1.29 is 0 Å². The average molecular weight is 297 g/mol. The van der Waals surface area contributed by atoms with E-state index >= 15 is 0 Å². The highest BCUT2D eigenvalue weighted by Crippen LogP contribution is 2.23. The fourth-order valence-electron chi connectivity index (χ4n) is 2.47. The summed E-state index contributed by atoms with van der Waals surface area (Å²) in [6.07, 6.45) is 11.5. The van der Waals surface area contributed by atoms with E-state index in [0.717, 1.165) is 36.0 Å². The molecule has 0 amide bonds. The van der Waals surface area contributed by atoms with Gasteiger partial charge < -0.3 is 10.3 Å². The number of aromatic nitrogens is 6. The predicted octanol–water partition coefficient (Wildman–Crippen LogP) is 2.43. The molecule has 3 aromatic rings. The molecule has 22 heavy (non-hydrogen) atoms. The molecule has 0 spiro atoms. The fourth-order valence-corrected chi connectivity index (χ4v) is 2.47. The first-order valence-electron chi connectivity index (χ1n) is 7.42. The summed E-state index contributed by atoms with van der Waals surface area (Å²) < 4.78 is 3.62. The second-order valence-electron chi connectivity index (χ2n) is 4.97. The van der Waals surface area contributed by atoms with E-state index in [9.17, 15) is 0 Å². The summed E-state index contributed by atoms with van der Waals surface area (Å²) in [5.41, 5.74) is 8.77. The van der Waals surface area contributed by atoms with Crippen LogP contribution in [-0.2, 0) is 6.54 Å². The van der Waals surface area contributed by atoms with Crippen molar-refractivity contribution in [2.75, 3.05) is 5.73 Å². The van der Waals surface area contributed by atoms with Crippen molar-refractivity contribution in [3.05, 3.63) is 30.4 Å². The van der Waals surface area contributed by atoms with Gasteiger partial charge in [0.15, 0.2) is 0 Å². The number of allylic oxidation sites excluding steroid dienone is 1.